The number of benzene rings is 2. The van der Waals surface area contributed by atoms with Gasteiger partial charge < -0.3 is 15.2 Å². The molecule has 0 bridgehead atoms. The van der Waals surface area contributed by atoms with Crippen LogP contribution in [0.3, 0.4) is 0 Å². The smallest absolute Gasteiger partial charge is 0.343 e. The summed E-state index contributed by atoms with van der Waals surface area (Å²) in [7, 11) is 1.30. The highest BCUT2D eigenvalue weighted by atomic mass is 35.5. The minimum Gasteiger partial charge on any atom is -0.480 e. The number of esters is 1. The molecular weight excluding hydrogens is 254 g/mol. The quantitative estimate of drug-likeness (QED) is 0.685. The van der Waals surface area contributed by atoms with Gasteiger partial charge in [-0.25, -0.2) is 4.79 Å². The first-order valence-corrected chi connectivity index (χ1v) is 5.67. The summed E-state index contributed by atoms with van der Waals surface area (Å²) in [4.78, 5) is 11.1. The number of fused-ring (bicyclic) bond motifs is 1. The van der Waals surface area contributed by atoms with Gasteiger partial charge in [0.1, 0.15) is 5.75 Å². The second-order valence-corrected chi connectivity index (χ2v) is 4.09. The van der Waals surface area contributed by atoms with Crippen molar-refractivity contribution in [1.82, 2.24) is 0 Å². The maximum Gasteiger partial charge on any atom is 0.343 e. The lowest BCUT2D eigenvalue weighted by molar-refractivity contribution is -0.142. The molecule has 0 spiro atoms. The van der Waals surface area contributed by atoms with Gasteiger partial charge in [-0.2, -0.15) is 0 Å². The van der Waals surface area contributed by atoms with E-state index in [9.17, 15) is 4.79 Å². The summed E-state index contributed by atoms with van der Waals surface area (Å²) in [6, 6.07) is 9.03. The van der Waals surface area contributed by atoms with Crippen molar-refractivity contribution >= 4 is 34.0 Å². The first kappa shape index (κ1) is 12.5. The van der Waals surface area contributed by atoms with Crippen LogP contribution in [0.15, 0.2) is 30.3 Å². The second-order valence-electron chi connectivity index (χ2n) is 3.69. The Labute approximate surface area is 109 Å². The number of nitrogens with two attached hydrogens (primary N) is 1. The monoisotopic (exact) mass is 265 g/mol. The summed E-state index contributed by atoms with van der Waals surface area (Å²) in [5.74, 6) is -0.0289. The fraction of sp³-hybridized carbons (Fsp3) is 0.154. The number of ether oxygens (including phenoxy) is 2. The standard InChI is InChI=1S/C13H12ClNO3/c1-17-12(16)7-18-13-9-5-3-2-4-8(9)11(15)6-10(13)14/h2-6H,7,15H2,1H3. The number of nitrogen functional groups attached to an aromatic ring is 1. The Morgan fingerprint density at radius 2 is 2.00 bits per heavy atom. The van der Waals surface area contributed by atoms with Crippen molar-refractivity contribution in [3.05, 3.63) is 35.4 Å². The molecule has 5 heteroatoms. The highest BCUT2D eigenvalue weighted by Gasteiger charge is 2.12. The van der Waals surface area contributed by atoms with E-state index >= 15 is 0 Å². The van der Waals surface area contributed by atoms with E-state index in [2.05, 4.69) is 4.74 Å². The Morgan fingerprint density at radius 1 is 1.33 bits per heavy atom. The molecule has 0 atom stereocenters. The van der Waals surface area contributed by atoms with E-state index in [0.29, 0.717) is 16.5 Å². The van der Waals surface area contributed by atoms with E-state index in [1.807, 2.05) is 24.3 Å². The first-order valence-electron chi connectivity index (χ1n) is 5.30. The minimum absolute atomic E-state index is 0.190. The normalized spacial score (nSPS) is 10.3. The van der Waals surface area contributed by atoms with Crippen LogP contribution in [-0.2, 0) is 9.53 Å². The molecular formula is C13H12ClNO3. The number of methoxy groups -OCH3 is 1. The van der Waals surface area contributed by atoms with Gasteiger partial charge in [-0.15, -0.1) is 0 Å². The van der Waals surface area contributed by atoms with E-state index < -0.39 is 5.97 Å². The van der Waals surface area contributed by atoms with Gasteiger partial charge in [0.15, 0.2) is 6.61 Å². The predicted octanol–water partition coefficient (Wildman–Crippen LogP) is 2.63. The molecule has 0 radical (unpaired) electrons. The summed E-state index contributed by atoms with van der Waals surface area (Å²) in [6.07, 6.45) is 0. The van der Waals surface area contributed by atoms with Gasteiger partial charge in [0.05, 0.1) is 12.1 Å². The van der Waals surface area contributed by atoms with Crippen LogP contribution in [0, 0.1) is 0 Å². The van der Waals surface area contributed by atoms with Gasteiger partial charge >= 0.3 is 5.97 Å². The van der Waals surface area contributed by atoms with Crippen molar-refractivity contribution < 1.29 is 14.3 Å². The second kappa shape index (κ2) is 5.14. The van der Waals surface area contributed by atoms with Gasteiger partial charge in [0.25, 0.3) is 0 Å². The van der Waals surface area contributed by atoms with Crippen LogP contribution in [-0.4, -0.2) is 19.7 Å². The zero-order chi connectivity index (χ0) is 13.1. The number of rotatable bonds is 3. The maximum atomic E-state index is 11.1. The van der Waals surface area contributed by atoms with Crippen molar-refractivity contribution in [2.24, 2.45) is 0 Å². The fourth-order valence-corrected chi connectivity index (χ4v) is 1.95. The molecule has 18 heavy (non-hydrogen) atoms. The van der Waals surface area contributed by atoms with Gasteiger partial charge in [-0.1, -0.05) is 35.9 Å². The van der Waals surface area contributed by atoms with Crippen LogP contribution in [0.4, 0.5) is 5.69 Å². The lowest BCUT2D eigenvalue weighted by atomic mass is 10.1. The molecule has 2 rings (SSSR count). The zero-order valence-electron chi connectivity index (χ0n) is 9.77. The SMILES string of the molecule is COC(=O)COc1c(Cl)cc(N)c2ccccc12. The molecule has 0 aliphatic rings. The van der Waals surface area contributed by atoms with Gasteiger partial charge in [0.2, 0.25) is 0 Å². The average molecular weight is 266 g/mol. The number of anilines is 1. The summed E-state index contributed by atoms with van der Waals surface area (Å²) in [5.41, 5.74) is 6.45. The van der Waals surface area contributed by atoms with Crippen LogP contribution in [0.25, 0.3) is 10.8 Å². The summed E-state index contributed by atoms with van der Waals surface area (Å²) < 4.78 is 9.91. The van der Waals surface area contributed by atoms with Crippen LogP contribution in [0.5, 0.6) is 5.75 Å². The Bertz CT molecular complexity index is 598. The third-order valence-electron chi connectivity index (χ3n) is 2.54. The van der Waals surface area contributed by atoms with Crippen LogP contribution in [0.2, 0.25) is 5.02 Å². The van der Waals surface area contributed by atoms with Crippen LogP contribution in [0.1, 0.15) is 0 Å². The predicted molar refractivity (Wildman–Crippen MR) is 70.9 cm³/mol. The molecule has 0 heterocycles. The molecule has 94 valence electrons. The van der Waals surface area contributed by atoms with Crippen molar-refractivity contribution in [3.63, 3.8) is 0 Å². The molecule has 2 aromatic carbocycles. The molecule has 0 saturated heterocycles. The Hall–Kier alpha value is -1.94. The van der Waals surface area contributed by atoms with E-state index in [0.717, 1.165) is 10.8 Å². The molecule has 0 aromatic heterocycles. The van der Waals surface area contributed by atoms with Gasteiger partial charge in [-0.05, 0) is 6.07 Å². The average Bonchev–Trinajstić information content (AvgIpc) is 2.38. The van der Waals surface area contributed by atoms with E-state index in [1.165, 1.54) is 7.11 Å². The first-order chi connectivity index (χ1) is 8.63. The molecule has 0 unspecified atom stereocenters. The lowest BCUT2D eigenvalue weighted by Crippen LogP contribution is -2.13. The molecule has 2 N–H and O–H groups in total. The van der Waals surface area contributed by atoms with Crippen molar-refractivity contribution in [2.75, 3.05) is 19.5 Å². The number of halogens is 1. The maximum absolute atomic E-state index is 11.1. The molecule has 0 aliphatic heterocycles. The van der Waals surface area contributed by atoms with Crippen LogP contribution >= 0.6 is 11.6 Å². The lowest BCUT2D eigenvalue weighted by Gasteiger charge is -2.12. The zero-order valence-corrected chi connectivity index (χ0v) is 10.5. The number of carbonyl (C=O) groups is 1. The fourth-order valence-electron chi connectivity index (χ4n) is 1.68. The molecule has 0 aliphatic carbocycles. The summed E-state index contributed by atoms with van der Waals surface area (Å²) in [6.45, 7) is -0.190. The van der Waals surface area contributed by atoms with E-state index in [4.69, 9.17) is 22.1 Å². The van der Waals surface area contributed by atoms with Crippen LogP contribution < -0.4 is 10.5 Å². The van der Waals surface area contributed by atoms with E-state index in [1.54, 1.807) is 6.07 Å². The largest absolute Gasteiger partial charge is 0.480 e. The third-order valence-corrected chi connectivity index (χ3v) is 2.82. The molecule has 0 amide bonds. The topological polar surface area (TPSA) is 61.5 Å². The molecule has 0 fully saturated rings. The van der Waals surface area contributed by atoms with E-state index in [-0.39, 0.29) is 6.61 Å². The Kier molecular flexibility index (Phi) is 3.58. The summed E-state index contributed by atoms with van der Waals surface area (Å²) >= 11 is 6.08. The van der Waals surface area contributed by atoms with Crippen molar-refractivity contribution in [1.29, 1.82) is 0 Å². The highest BCUT2D eigenvalue weighted by molar-refractivity contribution is 6.34. The number of hydrogen-bond acceptors (Lipinski definition) is 4. The molecule has 0 saturated carbocycles. The van der Waals surface area contributed by atoms with Crippen molar-refractivity contribution in [3.8, 4) is 5.75 Å². The molecule has 2 aromatic rings. The Balaban J connectivity index is 2.46. The highest BCUT2D eigenvalue weighted by Crippen LogP contribution is 2.37. The number of hydrogen-bond donors (Lipinski definition) is 1. The molecule has 4 nitrogen and oxygen atoms in total. The third kappa shape index (κ3) is 2.33. The van der Waals surface area contributed by atoms with Gasteiger partial charge in [0, 0.05) is 16.5 Å². The van der Waals surface area contributed by atoms with Crippen molar-refractivity contribution in [2.45, 2.75) is 0 Å². The summed E-state index contributed by atoms with van der Waals surface area (Å²) in [5, 5.41) is 1.98. The minimum atomic E-state index is -0.466. The van der Waals surface area contributed by atoms with Gasteiger partial charge in [-0.3, -0.25) is 0 Å². The number of carbonyl (C=O) groups excluding carboxylic acids is 1. The Morgan fingerprint density at radius 3 is 2.67 bits per heavy atom.